The second kappa shape index (κ2) is 7.72. The highest BCUT2D eigenvalue weighted by Crippen LogP contribution is 2.35. The molecule has 0 bridgehead atoms. The highest BCUT2D eigenvalue weighted by atomic mass is 32.2. The van der Waals surface area contributed by atoms with Crippen LogP contribution in [0.15, 0.2) is 17.0 Å². The van der Waals surface area contributed by atoms with Crippen molar-refractivity contribution in [3.05, 3.63) is 34.0 Å². The Labute approximate surface area is 161 Å². The Kier molecular flexibility index (Phi) is 5.55. The molecule has 0 aromatic heterocycles. The molecule has 6 nitrogen and oxygen atoms in total. The number of benzene rings is 1. The van der Waals surface area contributed by atoms with Gasteiger partial charge in [-0.25, -0.2) is 9.18 Å². The fraction of sp³-hybridized carbons (Fsp3) is 0.421. The van der Waals surface area contributed by atoms with Crippen LogP contribution in [0.4, 0.5) is 14.9 Å². The maximum absolute atomic E-state index is 14.6. The number of rotatable bonds is 4. The molecule has 2 fully saturated rings. The minimum Gasteiger partial charge on any atom is -0.467 e. The van der Waals surface area contributed by atoms with Crippen LogP contribution in [0.3, 0.4) is 0 Å². The molecule has 0 radical (unpaired) electrons. The van der Waals surface area contributed by atoms with Gasteiger partial charge in [-0.2, -0.15) is 0 Å². The Bertz CT molecular complexity index is 833. The summed E-state index contributed by atoms with van der Waals surface area (Å²) < 4.78 is 19.2. The average molecular weight is 392 g/mol. The van der Waals surface area contributed by atoms with E-state index in [1.165, 1.54) is 26.2 Å². The molecule has 1 aromatic carbocycles. The highest BCUT2D eigenvalue weighted by Gasteiger charge is 2.41. The summed E-state index contributed by atoms with van der Waals surface area (Å²) in [4.78, 5) is 39.4. The number of halogens is 1. The molecule has 0 aliphatic carbocycles. The van der Waals surface area contributed by atoms with E-state index in [1.807, 2.05) is 11.8 Å². The van der Waals surface area contributed by atoms with Gasteiger partial charge in [0.15, 0.2) is 0 Å². The molecule has 1 aromatic rings. The number of hydrogen-bond donors (Lipinski definition) is 0. The molecular formula is C19H21FN2O4S. The first-order valence-corrected chi connectivity index (χ1v) is 9.55. The van der Waals surface area contributed by atoms with Gasteiger partial charge in [-0.15, -0.1) is 0 Å². The van der Waals surface area contributed by atoms with Crippen molar-refractivity contribution in [1.29, 1.82) is 0 Å². The predicted molar refractivity (Wildman–Crippen MR) is 102 cm³/mol. The number of thioether (sulfide) groups is 1. The van der Waals surface area contributed by atoms with E-state index in [9.17, 15) is 18.8 Å². The van der Waals surface area contributed by atoms with Crippen LogP contribution in [0.25, 0.3) is 6.08 Å². The van der Waals surface area contributed by atoms with Gasteiger partial charge in [0.05, 0.1) is 17.7 Å². The van der Waals surface area contributed by atoms with Gasteiger partial charge in [-0.05, 0) is 67.8 Å². The first-order valence-electron chi connectivity index (χ1n) is 8.73. The van der Waals surface area contributed by atoms with Crippen molar-refractivity contribution in [3.8, 4) is 0 Å². The molecule has 2 amide bonds. The lowest BCUT2D eigenvalue weighted by Gasteiger charge is -2.20. The first-order chi connectivity index (χ1) is 12.8. The second-order valence-corrected chi connectivity index (χ2v) is 7.60. The average Bonchev–Trinajstić information content (AvgIpc) is 3.25. The molecule has 8 heteroatoms. The van der Waals surface area contributed by atoms with Crippen molar-refractivity contribution in [3.63, 3.8) is 0 Å². The SMILES string of the molecule is COC(=O)[C@@H](C)N1C(=O)S/C(=C/c2cc(F)c(N3CCCC3)cc2C)C1=O. The molecule has 1 atom stereocenters. The number of imide groups is 1. The number of methoxy groups -OCH3 is 1. The molecule has 2 heterocycles. The van der Waals surface area contributed by atoms with E-state index in [0.29, 0.717) is 11.3 Å². The summed E-state index contributed by atoms with van der Waals surface area (Å²) in [6, 6.07) is 2.15. The lowest BCUT2D eigenvalue weighted by Crippen LogP contribution is -2.42. The van der Waals surface area contributed by atoms with E-state index in [-0.39, 0.29) is 10.7 Å². The third-order valence-corrected chi connectivity index (χ3v) is 5.71. The van der Waals surface area contributed by atoms with Gasteiger partial charge in [0.2, 0.25) is 0 Å². The molecule has 2 aliphatic rings. The zero-order chi connectivity index (χ0) is 19.7. The minimum atomic E-state index is -1.01. The van der Waals surface area contributed by atoms with Crippen molar-refractivity contribution in [2.24, 2.45) is 0 Å². The van der Waals surface area contributed by atoms with Crippen LogP contribution in [-0.2, 0) is 14.3 Å². The molecule has 2 saturated heterocycles. The van der Waals surface area contributed by atoms with Crippen LogP contribution in [0.1, 0.15) is 30.9 Å². The smallest absolute Gasteiger partial charge is 0.328 e. The molecule has 0 saturated carbocycles. The molecule has 3 rings (SSSR count). The number of anilines is 1. The summed E-state index contributed by atoms with van der Waals surface area (Å²) in [5.74, 6) is -1.60. The fourth-order valence-corrected chi connectivity index (χ4v) is 4.17. The maximum atomic E-state index is 14.6. The van der Waals surface area contributed by atoms with Gasteiger partial charge in [0.1, 0.15) is 11.9 Å². The van der Waals surface area contributed by atoms with Crippen molar-refractivity contribution >= 4 is 40.6 Å². The summed E-state index contributed by atoms with van der Waals surface area (Å²) >= 11 is 0.735. The van der Waals surface area contributed by atoms with E-state index in [0.717, 1.165) is 48.2 Å². The molecule has 27 heavy (non-hydrogen) atoms. The van der Waals surface area contributed by atoms with Gasteiger partial charge in [-0.3, -0.25) is 14.5 Å². The van der Waals surface area contributed by atoms with Crippen molar-refractivity contribution in [2.45, 2.75) is 32.7 Å². The quantitative estimate of drug-likeness (QED) is 0.578. The summed E-state index contributed by atoms with van der Waals surface area (Å²) in [5, 5.41) is -0.545. The third-order valence-electron chi connectivity index (χ3n) is 4.82. The van der Waals surface area contributed by atoms with E-state index >= 15 is 0 Å². The number of aryl methyl sites for hydroxylation is 1. The molecule has 0 N–H and O–H groups in total. The Morgan fingerprint density at radius 3 is 2.59 bits per heavy atom. The normalized spacial score (nSPS) is 19.9. The van der Waals surface area contributed by atoms with Gasteiger partial charge in [-0.1, -0.05) is 0 Å². The Hall–Kier alpha value is -2.35. The van der Waals surface area contributed by atoms with Crippen LogP contribution < -0.4 is 4.90 Å². The largest absolute Gasteiger partial charge is 0.467 e. The van der Waals surface area contributed by atoms with Crippen molar-refractivity contribution in [2.75, 3.05) is 25.1 Å². The number of carbonyl (C=O) groups is 3. The zero-order valence-corrected chi connectivity index (χ0v) is 16.3. The van der Waals surface area contributed by atoms with Gasteiger partial charge in [0.25, 0.3) is 11.1 Å². The second-order valence-electron chi connectivity index (χ2n) is 6.61. The van der Waals surface area contributed by atoms with Crippen molar-refractivity contribution in [1.82, 2.24) is 4.90 Å². The number of amides is 2. The maximum Gasteiger partial charge on any atom is 0.328 e. The lowest BCUT2D eigenvalue weighted by molar-refractivity contribution is -0.148. The standard InChI is InChI=1S/C19H21FN2O4S/c1-11-8-15(21-6-4-5-7-21)14(20)9-13(11)10-16-17(23)22(19(25)27-16)12(2)18(24)26-3/h8-10,12H,4-7H2,1-3H3/b16-10+/t12-/m1/s1. The van der Waals surface area contributed by atoms with Crippen LogP contribution >= 0.6 is 11.8 Å². The Balaban J connectivity index is 1.88. The zero-order valence-electron chi connectivity index (χ0n) is 15.5. The van der Waals surface area contributed by atoms with E-state index in [2.05, 4.69) is 4.74 Å². The molecule has 0 spiro atoms. The van der Waals surface area contributed by atoms with E-state index in [4.69, 9.17) is 0 Å². The van der Waals surface area contributed by atoms with Gasteiger partial charge < -0.3 is 9.64 Å². The number of nitrogens with zero attached hydrogens (tertiary/aromatic N) is 2. The van der Waals surface area contributed by atoms with Gasteiger partial charge >= 0.3 is 5.97 Å². The van der Waals surface area contributed by atoms with Crippen LogP contribution in [0.5, 0.6) is 0 Å². The van der Waals surface area contributed by atoms with Crippen LogP contribution in [0, 0.1) is 12.7 Å². The van der Waals surface area contributed by atoms with E-state index < -0.39 is 23.2 Å². The molecule has 0 unspecified atom stereocenters. The minimum absolute atomic E-state index is 0.159. The summed E-state index contributed by atoms with van der Waals surface area (Å²) in [5.41, 5.74) is 1.91. The van der Waals surface area contributed by atoms with Crippen LogP contribution in [0.2, 0.25) is 0 Å². The topological polar surface area (TPSA) is 66.9 Å². The number of carbonyl (C=O) groups excluding carboxylic acids is 3. The molecule has 144 valence electrons. The number of esters is 1. The monoisotopic (exact) mass is 392 g/mol. The van der Waals surface area contributed by atoms with E-state index in [1.54, 1.807) is 6.07 Å². The van der Waals surface area contributed by atoms with Gasteiger partial charge in [0, 0.05) is 13.1 Å². The predicted octanol–water partition coefficient (Wildman–Crippen LogP) is 3.33. The lowest BCUT2D eigenvalue weighted by atomic mass is 10.1. The first kappa shape index (κ1) is 19.4. The van der Waals surface area contributed by atoms with Crippen molar-refractivity contribution < 1.29 is 23.5 Å². The number of hydrogen-bond acceptors (Lipinski definition) is 6. The summed E-state index contributed by atoms with van der Waals surface area (Å²) in [6.07, 6.45) is 3.60. The fourth-order valence-electron chi connectivity index (χ4n) is 3.27. The summed E-state index contributed by atoms with van der Waals surface area (Å²) in [7, 11) is 1.20. The highest BCUT2D eigenvalue weighted by molar-refractivity contribution is 8.18. The number of ether oxygens (including phenoxy) is 1. The Morgan fingerprint density at radius 1 is 1.30 bits per heavy atom. The van der Waals surface area contributed by atoms with Crippen LogP contribution in [-0.4, -0.2) is 48.3 Å². The summed E-state index contributed by atoms with van der Waals surface area (Å²) in [6.45, 7) is 4.94. The molecular weight excluding hydrogens is 371 g/mol. The Morgan fingerprint density at radius 2 is 1.96 bits per heavy atom. The third kappa shape index (κ3) is 3.71. The molecule has 2 aliphatic heterocycles.